The maximum Gasteiger partial charge on any atom is 0.305 e. The number of carboxylic acid groups (broad SMARTS) is 1. The maximum atomic E-state index is 14.4. The summed E-state index contributed by atoms with van der Waals surface area (Å²) < 4.78 is 21.1. The molecule has 0 saturated carbocycles. The Kier molecular flexibility index (Phi) is 8.04. The smallest absolute Gasteiger partial charge is 0.305 e. The molecule has 40 heavy (non-hydrogen) atoms. The predicted molar refractivity (Wildman–Crippen MR) is 148 cm³/mol. The first-order valence-corrected chi connectivity index (χ1v) is 13.1. The van der Waals surface area contributed by atoms with Crippen LogP contribution in [0.1, 0.15) is 46.1 Å². The number of carboxylic acids is 1. The predicted octanol–water partition coefficient (Wildman–Crippen LogP) is 4.64. The minimum atomic E-state index is -1.13. The van der Waals surface area contributed by atoms with Crippen LogP contribution in [0.4, 0.5) is 10.2 Å². The summed E-state index contributed by atoms with van der Waals surface area (Å²) in [6.07, 6.45) is 3.76. The summed E-state index contributed by atoms with van der Waals surface area (Å²) in [5, 5.41) is 20.1. The molecule has 1 atom stereocenters. The molecular weight excluding hydrogens is 513 g/mol. The van der Waals surface area contributed by atoms with Crippen LogP contribution >= 0.6 is 0 Å². The molecule has 206 valence electrons. The zero-order chi connectivity index (χ0) is 28.1. The van der Waals surface area contributed by atoms with E-state index in [9.17, 15) is 19.1 Å². The molecule has 5 rings (SSSR count). The topological polar surface area (TPSA) is 118 Å². The van der Waals surface area contributed by atoms with Crippen LogP contribution in [0.25, 0.3) is 11.3 Å². The number of amides is 1. The second-order valence-corrected chi connectivity index (χ2v) is 9.60. The number of nitrogens with zero attached hydrogens (tertiary/aromatic N) is 3. The van der Waals surface area contributed by atoms with E-state index in [-0.39, 0.29) is 11.3 Å². The van der Waals surface area contributed by atoms with Gasteiger partial charge in [-0.05, 0) is 42.2 Å². The van der Waals surface area contributed by atoms with Crippen LogP contribution in [0.3, 0.4) is 0 Å². The van der Waals surface area contributed by atoms with Gasteiger partial charge in [0.25, 0.3) is 5.91 Å². The molecule has 0 spiro atoms. The Morgan fingerprint density at radius 1 is 1.18 bits per heavy atom. The Morgan fingerprint density at radius 3 is 2.75 bits per heavy atom. The Bertz CT molecular complexity index is 1520. The van der Waals surface area contributed by atoms with Gasteiger partial charge in [0, 0.05) is 30.8 Å². The van der Waals surface area contributed by atoms with E-state index in [1.807, 2.05) is 36.4 Å². The summed E-state index contributed by atoms with van der Waals surface area (Å²) >= 11 is 0. The van der Waals surface area contributed by atoms with Crippen LogP contribution in [-0.2, 0) is 24.2 Å². The van der Waals surface area contributed by atoms with E-state index in [4.69, 9.17) is 9.72 Å². The molecule has 0 bridgehead atoms. The summed E-state index contributed by atoms with van der Waals surface area (Å²) in [7, 11) is 1.34. The van der Waals surface area contributed by atoms with Crippen LogP contribution in [0.5, 0.6) is 5.75 Å². The number of carbonyl (C=O) groups excluding carboxylic acids is 1. The lowest BCUT2D eigenvalue weighted by Gasteiger charge is -2.19. The molecule has 1 aliphatic rings. The highest BCUT2D eigenvalue weighted by molar-refractivity contribution is 6.00. The highest BCUT2D eigenvalue weighted by Gasteiger charge is 2.25. The van der Waals surface area contributed by atoms with Gasteiger partial charge in [0.2, 0.25) is 0 Å². The molecule has 1 unspecified atom stereocenters. The number of aryl methyl sites for hydroxylation is 3. The first-order chi connectivity index (χ1) is 19.4. The highest BCUT2D eigenvalue weighted by atomic mass is 19.1. The van der Waals surface area contributed by atoms with Crippen LogP contribution in [0, 0.1) is 5.82 Å². The second kappa shape index (κ2) is 12.0. The summed E-state index contributed by atoms with van der Waals surface area (Å²) in [6.45, 7) is 1.39. The zero-order valence-corrected chi connectivity index (χ0v) is 22.1. The van der Waals surface area contributed by atoms with Crippen LogP contribution in [0.15, 0.2) is 66.9 Å². The lowest BCUT2D eigenvalue weighted by Crippen LogP contribution is -2.30. The third-order valence-corrected chi connectivity index (χ3v) is 6.93. The van der Waals surface area contributed by atoms with Crippen molar-refractivity contribution in [3.8, 4) is 17.0 Å². The number of aromatic nitrogens is 3. The van der Waals surface area contributed by atoms with Gasteiger partial charge in [-0.15, -0.1) is 0 Å². The molecule has 3 heterocycles. The number of ether oxygens (including phenoxy) is 1. The number of anilines is 1. The first kappa shape index (κ1) is 26.9. The largest absolute Gasteiger partial charge is 0.494 e. The van der Waals surface area contributed by atoms with Crippen LogP contribution in [0.2, 0.25) is 0 Å². The van der Waals surface area contributed by atoms with E-state index in [0.717, 1.165) is 36.5 Å². The normalized spacial score (nSPS) is 13.2. The Labute approximate surface area is 231 Å². The van der Waals surface area contributed by atoms with Gasteiger partial charge in [-0.25, -0.2) is 9.37 Å². The quantitative estimate of drug-likeness (QED) is 0.267. The van der Waals surface area contributed by atoms with Crippen molar-refractivity contribution in [1.29, 1.82) is 0 Å². The number of fused-ring (bicyclic) bond motifs is 1. The third kappa shape index (κ3) is 5.96. The Morgan fingerprint density at radius 2 is 2.00 bits per heavy atom. The van der Waals surface area contributed by atoms with E-state index in [2.05, 4.69) is 21.8 Å². The summed E-state index contributed by atoms with van der Waals surface area (Å²) in [4.78, 5) is 29.9. The molecule has 0 radical (unpaired) electrons. The highest BCUT2D eigenvalue weighted by Crippen LogP contribution is 2.28. The summed E-state index contributed by atoms with van der Waals surface area (Å²) in [6, 6.07) is 16.7. The molecule has 1 aliphatic heterocycles. The van der Waals surface area contributed by atoms with Crippen molar-refractivity contribution < 1.29 is 23.8 Å². The van der Waals surface area contributed by atoms with Crippen molar-refractivity contribution in [2.45, 2.75) is 38.3 Å². The molecule has 2 aromatic heterocycles. The summed E-state index contributed by atoms with van der Waals surface area (Å²) in [5.74, 6) is -1.34. The van der Waals surface area contributed by atoms with E-state index < -0.39 is 30.2 Å². The minimum Gasteiger partial charge on any atom is -0.494 e. The Balaban J connectivity index is 1.42. The fourth-order valence-electron chi connectivity index (χ4n) is 4.91. The van der Waals surface area contributed by atoms with Crippen molar-refractivity contribution >= 4 is 17.7 Å². The zero-order valence-electron chi connectivity index (χ0n) is 22.1. The number of methoxy groups -OCH3 is 1. The fraction of sp³-hybridized carbons (Fsp3) is 0.267. The number of hydrogen-bond donors (Lipinski definition) is 3. The molecule has 9 nitrogen and oxygen atoms in total. The molecule has 3 N–H and O–H groups in total. The van der Waals surface area contributed by atoms with Gasteiger partial charge in [0.05, 0.1) is 37.0 Å². The minimum absolute atomic E-state index is 0.0287. The van der Waals surface area contributed by atoms with Crippen LogP contribution < -0.4 is 15.4 Å². The molecule has 1 amide bonds. The van der Waals surface area contributed by atoms with Gasteiger partial charge in [0.15, 0.2) is 11.6 Å². The SMILES string of the molecule is COc1ccc(C(CC(=O)O)NC(=O)c2cnn(CCc3ccc4c(n3)NCCC4)c2-c2ccccc2)cc1F. The van der Waals surface area contributed by atoms with Gasteiger partial charge in [-0.1, -0.05) is 42.5 Å². The molecular formula is C30H30FN5O4. The number of carbonyl (C=O) groups is 2. The number of pyridine rings is 1. The van der Waals surface area contributed by atoms with Crippen LogP contribution in [-0.4, -0.2) is 45.4 Å². The van der Waals surface area contributed by atoms with Crippen molar-refractivity contribution in [3.63, 3.8) is 0 Å². The number of aliphatic carboxylic acids is 1. The molecule has 0 fully saturated rings. The van der Waals surface area contributed by atoms with Crippen molar-refractivity contribution in [3.05, 3.63) is 95.1 Å². The van der Waals surface area contributed by atoms with Gasteiger partial charge in [-0.2, -0.15) is 5.10 Å². The Hall–Kier alpha value is -4.73. The molecule has 4 aromatic rings. The lowest BCUT2D eigenvalue weighted by atomic mass is 10.0. The molecule has 2 aromatic carbocycles. The van der Waals surface area contributed by atoms with E-state index >= 15 is 0 Å². The van der Waals surface area contributed by atoms with Crippen molar-refractivity contribution in [1.82, 2.24) is 20.1 Å². The van der Waals surface area contributed by atoms with Gasteiger partial charge >= 0.3 is 5.97 Å². The van der Waals surface area contributed by atoms with Crippen molar-refractivity contribution in [2.75, 3.05) is 19.0 Å². The number of nitrogens with one attached hydrogen (secondary N) is 2. The average molecular weight is 544 g/mol. The first-order valence-electron chi connectivity index (χ1n) is 13.1. The number of halogens is 1. The van der Waals surface area contributed by atoms with Crippen molar-refractivity contribution in [2.24, 2.45) is 0 Å². The maximum absolute atomic E-state index is 14.4. The number of hydrogen-bond acceptors (Lipinski definition) is 6. The average Bonchev–Trinajstić information content (AvgIpc) is 3.40. The second-order valence-electron chi connectivity index (χ2n) is 9.60. The lowest BCUT2D eigenvalue weighted by molar-refractivity contribution is -0.137. The van der Waals surface area contributed by atoms with Gasteiger partial charge < -0.3 is 20.5 Å². The third-order valence-electron chi connectivity index (χ3n) is 6.93. The monoisotopic (exact) mass is 543 g/mol. The fourth-order valence-corrected chi connectivity index (χ4v) is 4.91. The van der Waals surface area contributed by atoms with E-state index in [0.29, 0.717) is 24.2 Å². The summed E-state index contributed by atoms with van der Waals surface area (Å²) in [5.41, 5.74) is 4.12. The van der Waals surface area contributed by atoms with Gasteiger partial charge in [-0.3, -0.25) is 14.3 Å². The van der Waals surface area contributed by atoms with E-state index in [1.54, 1.807) is 4.68 Å². The number of rotatable bonds is 10. The molecule has 0 aliphatic carbocycles. The molecule has 0 saturated heterocycles. The molecule has 10 heteroatoms. The standard InChI is InChI=1S/C30H30FN5O4/c1-40-26-12-10-21(16-24(26)31)25(17-27(37)38)35-30(39)23-18-33-36(28(23)19-6-3-2-4-7-19)15-13-22-11-9-20-8-5-14-32-29(20)34-22/h2-4,6-7,9-12,16,18,25H,5,8,13-15,17H2,1H3,(H,32,34)(H,35,39)(H,37,38). The van der Waals surface area contributed by atoms with E-state index in [1.165, 1.54) is 37.1 Å². The number of benzene rings is 2. The van der Waals surface area contributed by atoms with Gasteiger partial charge in [0.1, 0.15) is 5.82 Å².